The van der Waals surface area contributed by atoms with Gasteiger partial charge in [-0.2, -0.15) is 0 Å². The molecule has 0 spiro atoms. The van der Waals surface area contributed by atoms with Crippen molar-refractivity contribution in [3.8, 4) is 56.4 Å². The summed E-state index contributed by atoms with van der Waals surface area (Å²) in [5.41, 5.74) is 13.3. The molecule has 10 aromatic rings. The first-order valence-corrected chi connectivity index (χ1v) is 42.3. The fourth-order valence-electron chi connectivity index (χ4n) is 19.8. The first-order chi connectivity index (χ1) is 51.4. The molecule has 0 aliphatic heterocycles. The summed E-state index contributed by atoms with van der Waals surface area (Å²) in [7, 11) is 0. The van der Waals surface area contributed by atoms with Crippen LogP contribution in [0.25, 0.3) is 76.5 Å². The molecule has 546 valence electrons. The highest BCUT2D eigenvalue weighted by atomic mass is 16.5. The van der Waals surface area contributed by atoms with E-state index in [9.17, 15) is 0 Å². The van der Waals surface area contributed by atoms with Gasteiger partial charge >= 0.3 is 0 Å². The topological polar surface area (TPSA) is 36.9 Å². The third-order valence-corrected chi connectivity index (χ3v) is 25.6. The number of hydrogen-bond donors (Lipinski definition) is 0. The van der Waals surface area contributed by atoms with Crippen molar-refractivity contribution >= 4 is 43.1 Å². The zero-order valence-corrected chi connectivity index (χ0v) is 64.0. The highest BCUT2D eigenvalue weighted by Gasteiger charge is 2.28. The molecule has 4 fully saturated rings. The van der Waals surface area contributed by atoms with Crippen molar-refractivity contribution in [1.29, 1.82) is 0 Å². The van der Waals surface area contributed by atoms with Gasteiger partial charge in [0, 0.05) is 21.9 Å². The average molecular weight is 1390 g/mol. The monoisotopic (exact) mass is 1390 g/mol. The molecule has 4 nitrogen and oxygen atoms in total. The zero-order valence-electron chi connectivity index (χ0n) is 64.0. The Morgan fingerprint density at radius 1 is 0.250 bits per heavy atom. The van der Waals surface area contributed by atoms with Crippen LogP contribution in [0.2, 0.25) is 0 Å². The van der Waals surface area contributed by atoms with Crippen LogP contribution >= 0.6 is 0 Å². The Kier molecular flexibility index (Phi) is 25.8. The van der Waals surface area contributed by atoms with E-state index in [0.717, 1.165) is 109 Å². The van der Waals surface area contributed by atoms with E-state index in [1.54, 1.807) is 0 Å². The molecule has 0 bridgehead atoms. The Morgan fingerprint density at radius 2 is 0.558 bits per heavy atom. The lowest BCUT2D eigenvalue weighted by Crippen LogP contribution is -2.13. The molecule has 14 rings (SSSR count). The lowest BCUT2D eigenvalue weighted by molar-refractivity contribution is 0.288. The zero-order chi connectivity index (χ0) is 70.8. The molecule has 4 aliphatic carbocycles. The summed E-state index contributed by atoms with van der Waals surface area (Å²) in [6.45, 7) is 12.0. The molecule has 0 atom stereocenters. The van der Waals surface area contributed by atoms with E-state index in [0.29, 0.717) is 50.1 Å². The molecule has 0 N–H and O–H groups in total. The summed E-state index contributed by atoms with van der Waals surface area (Å²) in [6, 6.07) is 69.9. The minimum Gasteiger partial charge on any atom is -0.493 e. The predicted molar refractivity (Wildman–Crippen MR) is 443 cm³/mol. The second-order valence-electron chi connectivity index (χ2n) is 32.6. The van der Waals surface area contributed by atoms with Gasteiger partial charge < -0.3 is 18.9 Å². The number of unbranched alkanes of at least 4 members (excludes halogenated alkanes) is 6. The molecule has 10 aromatic carbocycles. The van der Waals surface area contributed by atoms with Crippen LogP contribution in [0.5, 0.6) is 23.0 Å². The highest BCUT2D eigenvalue weighted by Crippen LogP contribution is 2.49. The molecule has 0 radical (unpaired) electrons. The molecule has 4 aliphatic rings. The largest absolute Gasteiger partial charge is 0.493 e. The third-order valence-electron chi connectivity index (χ3n) is 25.6. The first kappa shape index (κ1) is 73.3. The Bertz CT molecular complexity index is 4060. The molecular weight excluding hydrogens is 1270 g/mol. The molecule has 4 heteroatoms. The SMILES string of the molecule is CCCC1CCC(c2ccc(-c3ccc4c(-c5c(OCCCCCCOc6cccc7c(C8CCC(CCC)CC8)cccc67)ccc6cc(-c7ccc(C8CCC(CCC)CC8)cc7)ccc56)c(OCCCCCCOc5cccc6c(C7CCC(CCC)CC7)cccc56)ccc4c3)cc2)CC1. The van der Waals surface area contributed by atoms with E-state index < -0.39 is 0 Å². The van der Waals surface area contributed by atoms with Crippen molar-refractivity contribution in [3.63, 3.8) is 0 Å². The van der Waals surface area contributed by atoms with E-state index in [4.69, 9.17) is 18.9 Å². The maximum absolute atomic E-state index is 7.17. The van der Waals surface area contributed by atoms with Gasteiger partial charge in [0.05, 0.1) is 26.4 Å². The molecule has 104 heavy (non-hydrogen) atoms. The number of rotatable bonds is 33. The lowest BCUT2D eigenvalue weighted by atomic mass is 9.76. The van der Waals surface area contributed by atoms with Gasteiger partial charge in [0.25, 0.3) is 0 Å². The summed E-state index contributed by atoms with van der Waals surface area (Å²) in [4.78, 5) is 0. The summed E-state index contributed by atoms with van der Waals surface area (Å²) in [5, 5.41) is 10.1. The van der Waals surface area contributed by atoms with Crippen molar-refractivity contribution in [2.45, 2.75) is 257 Å². The lowest BCUT2D eigenvalue weighted by Gasteiger charge is -2.29. The van der Waals surface area contributed by atoms with Crippen molar-refractivity contribution in [2.24, 2.45) is 23.7 Å². The van der Waals surface area contributed by atoms with Gasteiger partial charge in [0.2, 0.25) is 0 Å². The van der Waals surface area contributed by atoms with Crippen LogP contribution < -0.4 is 18.9 Å². The predicted octanol–water partition coefficient (Wildman–Crippen LogP) is 29.6. The average Bonchev–Trinajstić information content (AvgIpc) is 0.780. The molecule has 4 saturated carbocycles. The van der Waals surface area contributed by atoms with Gasteiger partial charge in [0.1, 0.15) is 23.0 Å². The van der Waals surface area contributed by atoms with Gasteiger partial charge in [0.15, 0.2) is 0 Å². The summed E-state index contributed by atoms with van der Waals surface area (Å²) < 4.78 is 27.6. The van der Waals surface area contributed by atoms with E-state index in [-0.39, 0.29) is 0 Å². The van der Waals surface area contributed by atoms with Crippen LogP contribution in [-0.2, 0) is 0 Å². The van der Waals surface area contributed by atoms with Gasteiger partial charge in [-0.3, -0.25) is 0 Å². The second-order valence-corrected chi connectivity index (χ2v) is 32.6. The number of benzene rings is 10. The first-order valence-electron chi connectivity index (χ1n) is 42.3. The van der Waals surface area contributed by atoms with Crippen molar-refractivity contribution in [3.05, 3.63) is 204 Å². The van der Waals surface area contributed by atoms with E-state index in [2.05, 4.69) is 210 Å². The van der Waals surface area contributed by atoms with E-state index in [1.165, 1.54) is 242 Å². The van der Waals surface area contributed by atoms with Gasteiger partial charge in [-0.05, 0) is 315 Å². The summed E-state index contributed by atoms with van der Waals surface area (Å²) in [5.74, 6) is 10.1. The van der Waals surface area contributed by atoms with E-state index >= 15 is 0 Å². The molecular formula is C100H122O4. The van der Waals surface area contributed by atoms with E-state index in [1.807, 2.05) is 0 Å². The van der Waals surface area contributed by atoms with Gasteiger partial charge in [-0.25, -0.2) is 0 Å². The quantitative estimate of drug-likeness (QED) is 0.0384. The molecule has 0 unspecified atom stereocenters. The Labute approximate surface area is 625 Å². The molecule has 0 amide bonds. The normalized spacial score (nSPS) is 20.8. The van der Waals surface area contributed by atoms with Crippen LogP contribution in [0.1, 0.15) is 279 Å². The van der Waals surface area contributed by atoms with Crippen molar-refractivity contribution < 1.29 is 18.9 Å². The van der Waals surface area contributed by atoms with Gasteiger partial charge in [-0.15, -0.1) is 0 Å². The fourth-order valence-corrected chi connectivity index (χ4v) is 19.8. The maximum atomic E-state index is 7.17. The third kappa shape index (κ3) is 17.9. The smallest absolute Gasteiger partial charge is 0.127 e. The molecule has 0 aromatic heterocycles. The van der Waals surface area contributed by atoms with Crippen LogP contribution in [-0.4, -0.2) is 26.4 Å². The van der Waals surface area contributed by atoms with Crippen LogP contribution in [0.4, 0.5) is 0 Å². The summed E-state index contributed by atoms with van der Waals surface area (Å²) >= 11 is 0. The number of fused-ring (bicyclic) bond motifs is 4. The fraction of sp³-hybridized carbons (Fsp3) is 0.480. The van der Waals surface area contributed by atoms with Crippen molar-refractivity contribution in [2.75, 3.05) is 26.4 Å². The minimum absolute atomic E-state index is 0.628. The van der Waals surface area contributed by atoms with Gasteiger partial charge in [-0.1, -0.05) is 225 Å². The Morgan fingerprint density at radius 3 is 0.904 bits per heavy atom. The number of hydrogen-bond acceptors (Lipinski definition) is 4. The minimum atomic E-state index is 0.628. The van der Waals surface area contributed by atoms with Crippen LogP contribution in [0.3, 0.4) is 0 Å². The molecule has 0 heterocycles. The Balaban J connectivity index is 0.696. The standard InChI is InChI=1S/C100H122O4/c1-5-21-71-33-41-75(42-34-71)77-49-53-79(54-50-77)83-57-61-89-85(69-83)59-63-97(103-67-15-11-9-13-65-101-95-31-19-27-91-87(25-17-29-93(91)95)81-45-37-73(23-7-3)38-46-81)99(89)100-90-62-58-84(80-55-51-78(52-56-80)76-43-35-72(22-6-2)36-44-76)70-86(90)60-64-98(100)104-68-16-12-10-14-66-102-96-32-20-28-92-88(26-18-30-94(92)96)82-47-39-74(24-8-4)40-48-82/h17-20,25-32,49-64,69-76,81-82H,5-16,21-24,33-48,65-68H2,1-4H3. The van der Waals surface area contributed by atoms with Crippen LogP contribution in [0, 0.1) is 23.7 Å². The Hall–Kier alpha value is -7.56. The molecule has 0 saturated heterocycles. The second kappa shape index (κ2) is 36.6. The number of ether oxygens (including phenoxy) is 4. The maximum Gasteiger partial charge on any atom is 0.127 e. The van der Waals surface area contributed by atoms with Crippen molar-refractivity contribution in [1.82, 2.24) is 0 Å². The summed E-state index contributed by atoms with van der Waals surface area (Å²) in [6.07, 6.45) is 40.3. The highest BCUT2D eigenvalue weighted by molar-refractivity contribution is 6.11. The van der Waals surface area contributed by atoms with Crippen LogP contribution in [0.15, 0.2) is 182 Å².